The summed E-state index contributed by atoms with van der Waals surface area (Å²) < 4.78 is 1.76. The molecule has 1 saturated heterocycles. The summed E-state index contributed by atoms with van der Waals surface area (Å²) in [5, 5.41) is 2.68. The van der Waals surface area contributed by atoms with Gasteiger partial charge in [0.2, 0.25) is 0 Å². The van der Waals surface area contributed by atoms with Crippen molar-refractivity contribution in [1.29, 1.82) is 0 Å². The highest BCUT2D eigenvalue weighted by Gasteiger charge is 2.37. The van der Waals surface area contributed by atoms with Crippen LogP contribution < -0.4 is 10.2 Å². The fraction of sp³-hybridized carbons (Fsp3) is 0.0800. The Bertz CT molecular complexity index is 1340. The lowest BCUT2D eigenvalue weighted by molar-refractivity contribution is -0.122. The zero-order chi connectivity index (χ0) is 23.7. The van der Waals surface area contributed by atoms with Crippen molar-refractivity contribution in [3.63, 3.8) is 0 Å². The van der Waals surface area contributed by atoms with Gasteiger partial charge in [-0.05, 0) is 72.0 Å². The number of imide groups is 2. The predicted octanol–water partition coefficient (Wildman–Crippen LogP) is 6.43. The van der Waals surface area contributed by atoms with Gasteiger partial charge in [0.1, 0.15) is 5.57 Å². The van der Waals surface area contributed by atoms with Gasteiger partial charge in [-0.25, -0.2) is 9.69 Å². The molecular weight excluding hydrogens is 572 g/mol. The zero-order valence-corrected chi connectivity index (χ0v) is 21.3. The molecule has 1 fully saturated rings. The van der Waals surface area contributed by atoms with E-state index < -0.39 is 17.8 Å². The molecule has 0 bridgehead atoms. The maximum atomic E-state index is 13.3. The molecule has 4 amide bonds. The molecule has 3 aromatic carbocycles. The Labute approximate surface area is 212 Å². The molecule has 1 heterocycles. The topological polar surface area (TPSA) is 66.5 Å². The first-order chi connectivity index (χ1) is 15.8. The number of carbonyl (C=O) groups is 3. The van der Waals surface area contributed by atoms with Gasteiger partial charge in [-0.15, -0.1) is 0 Å². The van der Waals surface area contributed by atoms with Gasteiger partial charge < -0.3 is 0 Å². The zero-order valence-electron chi connectivity index (χ0n) is 17.4. The molecule has 0 unspecified atom stereocenters. The summed E-state index contributed by atoms with van der Waals surface area (Å²) in [6.07, 6.45) is 2.10. The van der Waals surface area contributed by atoms with Gasteiger partial charge in [-0.1, -0.05) is 73.8 Å². The summed E-state index contributed by atoms with van der Waals surface area (Å²) >= 11 is 13.2. The molecule has 0 aliphatic carbocycles. The third kappa shape index (κ3) is 4.81. The highest BCUT2D eigenvalue weighted by atomic mass is 79.9. The van der Waals surface area contributed by atoms with Crippen molar-refractivity contribution in [3.8, 4) is 0 Å². The molecule has 1 aliphatic heterocycles. The number of amides is 4. The van der Waals surface area contributed by atoms with Gasteiger partial charge in [0, 0.05) is 14.0 Å². The summed E-state index contributed by atoms with van der Waals surface area (Å²) in [6.45, 7) is 1.71. The second kappa shape index (κ2) is 9.63. The van der Waals surface area contributed by atoms with Crippen molar-refractivity contribution in [2.75, 3.05) is 4.90 Å². The van der Waals surface area contributed by atoms with Crippen molar-refractivity contribution in [2.45, 2.75) is 13.3 Å². The van der Waals surface area contributed by atoms with Crippen LogP contribution in [0, 0.1) is 6.92 Å². The van der Waals surface area contributed by atoms with Crippen molar-refractivity contribution < 1.29 is 14.4 Å². The fourth-order valence-corrected chi connectivity index (χ4v) is 4.55. The molecule has 3 aromatic rings. The number of barbiturate groups is 1. The highest BCUT2D eigenvalue weighted by molar-refractivity contribution is 9.10. The van der Waals surface area contributed by atoms with Gasteiger partial charge in [-0.2, -0.15) is 0 Å². The lowest BCUT2D eigenvalue weighted by atomic mass is 9.97. The Hall–Kier alpha value is -2.74. The SMILES string of the molecule is Cc1c(Cl)cccc1N1C(=O)NC(=O)/C(=C\c2cc(Br)ccc2Cc2ccccc2Br)C1=O. The molecule has 0 saturated carbocycles. The Kier molecular flexibility index (Phi) is 6.83. The van der Waals surface area contributed by atoms with Crippen LogP contribution in [0.1, 0.15) is 22.3 Å². The Balaban J connectivity index is 1.78. The second-order valence-electron chi connectivity index (χ2n) is 7.45. The minimum absolute atomic E-state index is 0.138. The smallest absolute Gasteiger partial charge is 0.273 e. The van der Waals surface area contributed by atoms with E-state index in [-0.39, 0.29) is 5.57 Å². The van der Waals surface area contributed by atoms with Crippen LogP contribution in [-0.4, -0.2) is 17.8 Å². The van der Waals surface area contributed by atoms with E-state index in [4.69, 9.17) is 11.6 Å². The molecule has 5 nitrogen and oxygen atoms in total. The molecule has 1 aliphatic rings. The number of nitrogens with one attached hydrogen (secondary N) is 1. The van der Waals surface area contributed by atoms with E-state index in [2.05, 4.69) is 37.2 Å². The molecule has 0 atom stereocenters. The fourth-order valence-electron chi connectivity index (χ4n) is 3.58. The van der Waals surface area contributed by atoms with Gasteiger partial charge >= 0.3 is 6.03 Å². The maximum Gasteiger partial charge on any atom is 0.335 e. The first-order valence-electron chi connectivity index (χ1n) is 9.94. The summed E-state index contributed by atoms with van der Waals surface area (Å²) in [5.41, 5.74) is 3.42. The van der Waals surface area contributed by atoms with Gasteiger partial charge in [-0.3, -0.25) is 14.9 Å². The monoisotopic (exact) mass is 586 g/mol. The van der Waals surface area contributed by atoms with Crippen LogP contribution in [-0.2, 0) is 16.0 Å². The Morgan fingerprint density at radius 3 is 2.48 bits per heavy atom. The number of urea groups is 1. The van der Waals surface area contributed by atoms with E-state index in [9.17, 15) is 14.4 Å². The van der Waals surface area contributed by atoms with E-state index in [1.54, 1.807) is 25.1 Å². The maximum absolute atomic E-state index is 13.3. The van der Waals surface area contributed by atoms with E-state index in [1.807, 2.05) is 42.5 Å². The summed E-state index contributed by atoms with van der Waals surface area (Å²) in [4.78, 5) is 39.5. The minimum atomic E-state index is -0.810. The van der Waals surface area contributed by atoms with Crippen LogP contribution in [0.15, 0.2) is 75.2 Å². The predicted molar refractivity (Wildman–Crippen MR) is 136 cm³/mol. The van der Waals surface area contributed by atoms with Gasteiger partial charge in [0.15, 0.2) is 0 Å². The van der Waals surface area contributed by atoms with Crippen LogP contribution in [0.2, 0.25) is 5.02 Å². The minimum Gasteiger partial charge on any atom is -0.273 e. The third-order valence-electron chi connectivity index (χ3n) is 5.33. The Morgan fingerprint density at radius 1 is 0.970 bits per heavy atom. The van der Waals surface area contributed by atoms with E-state index in [1.165, 1.54) is 6.08 Å². The molecule has 0 spiro atoms. The third-order valence-corrected chi connectivity index (χ3v) is 7.00. The Morgan fingerprint density at radius 2 is 1.73 bits per heavy atom. The lowest BCUT2D eigenvalue weighted by Gasteiger charge is -2.28. The van der Waals surface area contributed by atoms with Crippen LogP contribution in [0.25, 0.3) is 6.08 Å². The van der Waals surface area contributed by atoms with Crippen molar-refractivity contribution >= 4 is 73.1 Å². The lowest BCUT2D eigenvalue weighted by Crippen LogP contribution is -2.54. The number of nitrogens with zero attached hydrogens (tertiary/aromatic N) is 1. The normalized spacial score (nSPS) is 15.2. The van der Waals surface area contributed by atoms with Crippen LogP contribution in [0.3, 0.4) is 0 Å². The van der Waals surface area contributed by atoms with E-state index in [0.717, 1.165) is 25.0 Å². The largest absolute Gasteiger partial charge is 0.335 e. The molecule has 1 N–H and O–H groups in total. The number of hydrogen-bond donors (Lipinski definition) is 1. The molecule has 0 aromatic heterocycles. The standard InChI is InChI=1S/C25H17Br2ClN2O3/c1-14-21(28)7-4-8-22(14)30-24(32)19(23(31)29-25(30)33)13-17-12-18(26)10-9-15(17)11-16-5-2-3-6-20(16)27/h2-10,12-13H,11H2,1H3,(H,29,31,33)/b19-13+. The van der Waals surface area contributed by atoms with Crippen molar-refractivity contribution in [2.24, 2.45) is 0 Å². The number of benzene rings is 3. The summed E-state index contributed by atoms with van der Waals surface area (Å²) in [5.74, 6) is -1.45. The quantitative estimate of drug-likeness (QED) is 0.282. The van der Waals surface area contributed by atoms with E-state index >= 15 is 0 Å². The van der Waals surface area contributed by atoms with Gasteiger partial charge in [0.25, 0.3) is 11.8 Å². The number of carbonyl (C=O) groups excluding carboxylic acids is 3. The number of halogens is 3. The number of anilines is 1. The second-order valence-corrected chi connectivity index (χ2v) is 9.63. The number of rotatable bonds is 4. The molecule has 33 heavy (non-hydrogen) atoms. The van der Waals surface area contributed by atoms with Crippen LogP contribution in [0.5, 0.6) is 0 Å². The summed E-state index contributed by atoms with van der Waals surface area (Å²) in [7, 11) is 0. The first-order valence-corrected chi connectivity index (χ1v) is 11.9. The molecular formula is C25H17Br2ClN2O3. The number of hydrogen-bond acceptors (Lipinski definition) is 3. The highest BCUT2D eigenvalue weighted by Crippen LogP contribution is 2.31. The molecule has 4 rings (SSSR count). The van der Waals surface area contributed by atoms with E-state index in [0.29, 0.717) is 28.3 Å². The summed E-state index contributed by atoms with van der Waals surface area (Å²) in [6, 6.07) is 17.7. The van der Waals surface area contributed by atoms with Crippen LogP contribution in [0.4, 0.5) is 10.5 Å². The van der Waals surface area contributed by atoms with Gasteiger partial charge in [0.05, 0.1) is 5.69 Å². The van der Waals surface area contributed by atoms with Crippen molar-refractivity contribution in [3.05, 3.63) is 102 Å². The average Bonchev–Trinajstić information content (AvgIpc) is 2.77. The molecule has 0 radical (unpaired) electrons. The van der Waals surface area contributed by atoms with Crippen molar-refractivity contribution in [1.82, 2.24) is 5.32 Å². The molecule has 8 heteroatoms. The average molecular weight is 589 g/mol. The first kappa shape index (κ1) is 23.4. The van der Waals surface area contributed by atoms with Crippen LogP contribution >= 0.6 is 43.5 Å². The molecule has 166 valence electrons.